The molecule has 0 aliphatic carbocycles. The largest absolute Gasteiger partial charge is 0.502 e. The molecule has 0 aromatic heterocycles. The van der Waals surface area contributed by atoms with Crippen LogP contribution in [0.15, 0.2) is 0 Å². The predicted octanol–water partition coefficient (Wildman–Crippen LogP) is 4.03. The van der Waals surface area contributed by atoms with Gasteiger partial charge in [0.15, 0.2) is 0 Å². The van der Waals surface area contributed by atoms with Gasteiger partial charge in [0.1, 0.15) is 0 Å². The van der Waals surface area contributed by atoms with Crippen molar-refractivity contribution in [1.82, 2.24) is 0 Å². The molecule has 0 spiro atoms. The van der Waals surface area contributed by atoms with Crippen LogP contribution in [0.2, 0.25) is 6.04 Å². The predicted molar refractivity (Wildman–Crippen MR) is 82.8 cm³/mol. The quantitative estimate of drug-likeness (QED) is 0.311. The molecule has 0 saturated carbocycles. The van der Waals surface area contributed by atoms with Crippen LogP contribution < -0.4 is 0 Å². The highest BCUT2D eigenvalue weighted by Crippen LogP contribution is 2.23. The molecule has 1 atom stereocenters. The Morgan fingerprint density at radius 1 is 0.882 bits per heavy atom. The highest BCUT2D eigenvalue weighted by atomic mass is 127. The molecule has 0 fully saturated rings. The third kappa shape index (κ3) is 8.53. The molecule has 0 aromatic carbocycles. The second kappa shape index (κ2) is 10.7. The minimum atomic E-state index is -2.43. The van der Waals surface area contributed by atoms with Crippen LogP contribution in [0.3, 0.4) is 0 Å². The summed E-state index contributed by atoms with van der Waals surface area (Å²) in [5.41, 5.74) is 0. The fourth-order valence-electron chi connectivity index (χ4n) is 1.42. The molecule has 0 amide bonds. The first-order chi connectivity index (χ1) is 8.10. The van der Waals surface area contributed by atoms with E-state index in [-0.39, 0.29) is 0 Å². The first-order valence-electron chi connectivity index (χ1n) is 6.66. The summed E-state index contributed by atoms with van der Waals surface area (Å²) >= 11 is 2.42. The van der Waals surface area contributed by atoms with Crippen molar-refractivity contribution in [1.29, 1.82) is 0 Å². The molecular weight excluding hydrogens is 347 g/mol. The third-order valence-corrected chi connectivity index (χ3v) is 6.43. The summed E-state index contributed by atoms with van der Waals surface area (Å²) in [7, 11) is -2.43. The van der Waals surface area contributed by atoms with Gasteiger partial charge in [-0.05, 0) is 19.3 Å². The van der Waals surface area contributed by atoms with E-state index in [9.17, 15) is 0 Å². The van der Waals surface area contributed by atoms with Gasteiger partial charge in [-0.15, -0.1) is 0 Å². The Morgan fingerprint density at radius 3 is 1.47 bits per heavy atom. The van der Waals surface area contributed by atoms with Crippen molar-refractivity contribution in [2.75, 3.05) is 19.8 Å². The molecule has 17 heavy (non-hydrogen) atoms. The summed E-state index contributed by atoms with van der Waals surface area (Å²) in [6.45, 7) is 10.8. The van der Waals surface area contributed by atoms with E-state index in [0.29, 0.717) is 3.92 Å². The molecule has 0 saturated heterocycles. The van der Waals surface area contributed by atoms with Crippen LogP contribution >= 0.6 is 22.6 Å². The third-order valence-electron chi connectivity index (χ3n) is 2.11. The molecule has 0 aliphatic rings. The van der Waals surface area contributed by atoms with E-state index < -0.39 is 8.80 Å². The summed E-state index contributed by atoms with van der Waals surface area (Å²) in [6, 6.07) is 0.910. The summed E-state index contributed by atoms with van der Waals surface area (Å²) in [6.07, 6.45) is 3.03. The molecule has 3 nitrogen and oxygen atoms in total. The standard InChI is InChI=1S/C12H27IO3Si/c1-5-8-14-17(11-12(4)13,15-9-6-2)16-10-7-3/h12H,5-11H2,1-4H3. The lowest BCUT2D eigenvalue weighted by atomic mass is 10.5. The Kier molecular flexibility index (Phi) is 11.2. The fraction of sp³-hybridized carbons (Fsp3) is 1.00. The first-order valence-corrected chi connectivity index (χ1v) is 9.83. The van der Waals surface area contributed by atoms with Gasteiger partial charge < -0.3 is 13.3 Å². The minimum absolute atomic E-state index is 0.518. The Bertz CT molecular complexity index is 157. The second-order valence-corrected chi connectivity index (χ2v) is 8.98. The number of halogens is 1. The molecule has 104 valence electrons. The second-order valence-electron chi connectivity index (χ2n) is 4.21. The average molecular weight is 374 g/mol. The zero-order valence-electron chi connectivity index (χ0n) is 11.6. The molecule has 5 heteroatoms. The van der Waals surface area contributed by atoms with Crippen LogP contribution in [-0.4, -0.2) is 32.5 Å². The van der Waals surface area contributed by atoms with Crippen molar-refractivity contribution in [2.24, 2.45) is 0 Å². The molecule has 0 N–H and O–H groups in total. The van der Waals surface area contributed by atoms with Gasteiger partial charge in [-0.2, -0.15) is 0 Å². The Balaban J connectivity index is 4.51. The topological polar surface area (TPSA) is 27.7 Å². The lowest BCUT2D eigenvalue weighted by Gasteiger charge is -2.30. The van der Waals surface area contributed by atoms with Gasteiger partial charge in [-0.3, -0.25) is 0 Å². The SMILES string of the molecule is CCCO[Si](CC(C)I)(OCCC)OCCC. The van der Waals surface area contributed by atoms with Gasteiger partial charge in [0, 0.05) is 29.8 Å². The fourth-order valence-corrected chi connectivity index (χ4v) is 5.88. The Hall–Kier alpha value is 0.827. The van der Waals surface area contributed by atoms with Gasteiger partial charge >= 0.3 is 8.80 Å². The molecule has 1 unspecified atom stereocenters. The van der Waals surface area contributed by atoms with Crippen molar-refractivity contribution in [3.63, 3.8) is 0 Å². The Morgan fingerprint density at radius 2 is 1.24 bits per heavy atom. The highest BCUT2D eigenvalue weighted by molar-refractivity contribution is 14.1. The lowest BCUT2D eigenvalue weighted by molar-refractivity contribution is 0.0597. The van der Waals surface area contributed by atoms with Crippen molar-refractivity contribution >= 4 is 31.4 Å². The normalized spacial score (nSPS) is 13.9. The van der Waals surface area contributed by atoms with Crippen molar-refractivity contribution in [3.05, 3.63) is 0 Å². The maximum atomic E-state index is 5.98. The number of hydrogen-bond donors (Lipinski definition) is 0. The van der Waals surface area contributed by atoms with Crippen molar-refractivity contribution in [3.8, 4) is 0 Å². The summed E-state index contributed by atoms with van der Waals surface area (Å²) in [5, 5.41) is 0. The molecule has 0 bridgehead atoms. The van der Waals surface area contributed by atoms with Gasteiger partial charge in [-0.1, -0.05) is 50.3 Å². The van der Waals surface area contributed by atoms with E-state index >= 15 is 0 Å². The van der Waals surface area contributed by atoms with Gasteiger partial charge in [0.2, 0.25) is 0 Å². The molecular formula is C12H27IO3Si. The maximum Gasteiger partial charge on any atom is 0.502 e. The summed E-state index contributed by atoms with van der Waals surface area (Å²) in [5.74, 6) is 0. The van der Waals surface area contributed by atoms with Crippen LogP contribution in [0.4, 0.5) is 0 Å². The van der Waals surface area contributed by atoms with E-state index in [1.54, 1.807) is 0 Å². The molecule has 0 aromatic rings. The number of alkyl halides is 1. The summed E-state index contributed by atoms with van der Waals surface area (Å²) < 4.78 is 18.5. The molecule has 0 radical (unpaired) electrons. The maximum absolute atomic E-state index is 5.98. The van der Waals surface area contributed by atoms with Crippen molar-refractivity contribution < 1.29 is 13.3 Å². The first kappa shape index (κ1) is 17.8. The van der Waals surface area contributed by atoms with Crippen molar-refractivity contribution in [2.45, 2.75) is 56.9 Å². The number of rotatable bonds is 11. The van der Waals surface area contributed by atoms with E-state index in [4.69, 9.17) is 13.3 Å². The highest BCUT2D eigenvalue weighted by Gasteiger charge is 2.41. The Labute approximate surface area is 121 Å². The van der Waals surface area contributed by atoms with Crippen LogP contribution in [0.1, 0.15) is 47.0 Å². The van der Waals surface area contributed by atoms with Gasteiger partial charge in [0.25, 0.3) is 0 Å². The summed E-state index contributed by atoms with van der Waals surface area (Å²) in [4.78, 5) is 0. The van der Waals surface area contributed by atoms with E-state index in [2.05, 4.69) is 50.3 Å². The monoisotopic (exact) mass is 374 g/mol. The zero-order valence-corrected chi connectivity index (χ0v) is 14.8. The smallest absolute Gasteiger partial charge is 0.373 e. The number of hydrogen-bond acceptors (Lipinski definition) is 3. The van der Waals surface area contributed by atoms with E-state index in [1.165, 1.54) is 0 Å². The van der Waals surface area contributed by atoms with E-state index in [1.807, 2.05) is 0 Å². The molecule has 0 rings (SSSR count). The van der Waals surface area contributed by atoms with Crippen LogP contribution in [-0.2, 0) is 13.3 Å². The van der Waals surface area contributed by atoms with Crippen LogP contribution in [0.25, 0.3) is 0 Å². The van der Waals surface area contributed by atoms with Gasteiger partial charge in [0.05, 0.1) is 0 Å². The van der Waals surface area contributed by atoms with Crippen LogP contribution in [0, 0.1) is 0 Å². The average Bonchev–Trinajstić information content (AvgIpc) is 2.30. The van der Waals surface area contributed by atoms with Gasteiger partial charge in [-0.25, -0.2) is 0 Å². The molecule has 0 heterocycles. The van der Waals surface area contributed by atoms with E-state index in [0.717, 1.165) is 45.1 Å². The zero-order chi connectivity index (χ0) is 13.1. The lowest BCUT2D eigenvalue weighted by Crippen LogP contribution is -2.48. The minimum Gasteiger partial charge on any atom is -0.373 e. The van der Waals surface area contributed by atoms with Crippen LogP contribution in [0.5, 0.6) is 0 Å². The molecule has 0 aliphatic heterocycles.